The minimum absolute atomic E-state index is 0.325. The second kappa shape index (κ2) is 8.45. The summed E-state index contributed by atoms with van der Waals surface area (Å²) >= 11 is 0. The first-order valence-corrected chi connectivity index (χ1v) is 10.2. The lowest BCUT2D eigenvalue weighted by Crippen LogP contribution is -2.09. The zero-order valence-corrected chi connectivity index (χ0v) is 15.8. The van der Waals surface area contributed by atoms with E-state index >= 15 is 0 Å². The first-order chi connectivity index (χ1) is 13.4. The van der Waals surface area contributed by atoms with Crippen LogP contribution in [-0.2, 0) is 14.8 Å². The van der Waals surface area contributed by atoms with Crippen LogP contribution in [0.3, 0.4) is 0 Å². The Kier molecular flexibility index (Phi) is 5.81. The molecule has 7 nitrogen and oxygen atoms in total. The number of amides is 1. The number of hydrogen-bond acceptors (Lipinski definition) is 5. The van der Waals surface area contributed by atoms with E-state index in [4.69, 9.17) is 0 Å². The predicted octanol–water partition coefficient (Wildman–Crippen LogP) is 3.17. The zero-order valence-electron chi connectivity index (χ0n) is 15.0. The number of anilines is 2. The van der Waals surface area contributed by atoms with Crippen LogP contribution in [-0.4, -0.2) is 30.5 Å². The maximum atomic E-state index is 12.1. The first kappa shape index (κ1) is 19.2. The summed E-state index contributed by atoms with van der Waals surface area (Å²) in [4.78, 5) is 20.6. The second-order valence-electron chi connectivity index (χ2n) is 5.98. The molecule has 0 spiro atoms. The van der Waals surface area contributed by atoms with Crippen molar-refractivity contribution in [1.82, 2.24) is 9.97 Å². The topological polar surface area (TPSA) is 101 Å². The number of aromatic nitrogens is 2. The van der Waals surface area contributed by atoms with E-state index in [1.54, 1.807) is 42.7 Å². The van der Waals surface area contributed by atoms with Crippen LogP contribution >= 0.6 is 0 Å². The average Bonchev–Trinajstić information content (AvgIpc) is 2.68. The lowest BCUT2D eigenvalue weighted by atomic mass is 10.2. The van der Waals surface area contributed by atoms with Gasteiger partial charge in [-0.3, -0.25) is 9.52 Å². The molecule has 0 saturated carbocycles. The Labute approximate surface area is 163 Å². The monoisotopic (exact) mass is 394 g/mol. The number of nitrogens with zero attached hydrogens (tertiary/aromatic N) is 2. The molecule has 2 N–H and O–H groups in total. The second-order valence-corrected chi connectivity index (χ2v) is 7.73. The standard InChI is InChI=1S/C20H18N4O3S/c1-28(26,27)24-17-10-7-15(8-11-17)9-12-19(25)23-18-13-21-20(22-14-18)16-5-3-2-4-6-16/h2-14,24H,1H3,(H,23,25)/b12-9+. The third kappa shape index (κ3) is 5.75. The summed E-state index contributed by atoms with van der Waals surface area (Å²) in [5.74, 6) is 0.256. The molecule has 0 unspecified atom stereocenters. The van der Waals surface area contributed by atoms with E-state index in [1.165, 1.54) is 6.08 Å². The van der Waals surface area contributed by atoms with Gasteiger partial charge in [0.15, 0.2) is 5.82 Å². The Balaban J connectivity index is 1.59. The van der Waals surface area contributed by atoms with Crippen LogP contribution in [0.15, 0.2) is 73.1 Å². The Morgan fingerprint density at radius 3 is 2.18 bits per heavy atom. The highest BCUT2D eigenvalue weighted by molar-refractivity contribution is 7.92. The summed E-state index contributed by atoms with van der Waals surface area (Å²) in [5.41, 5.74) is 2.60. The Morgan fingerprint density at radius 1 is 0.929 bits per heavy atom. The molecule has 0 aliphatic rings. The third-order valence-electron chi connectivity index (χ3n) is 3.59. The molecule has 1 amide bonds. The van der Waals surface area contributed by atoms with Gasteiger partial charge in [0.05, 0.1) is 24.3 Å². The van der Waals surface area contributed by atoms with Crippen LogP contribution in [0.2, 0.25) is 0 Å². The van der Waals surface area contributed by atoms with E-state index < -0.39 is 10.0 Å². The molecule has 3 rings (SSSR count). The summed E-state index contributed by atoms with van der Waals surface area (Å²) < 4.78 is 24.8. The van der Waals surface area contributed by atoms with Gasteiger partial charge in [-0.2, -0.15) is 0 Å². The molecule has 0 fully saturated rings. The molecule has 3 aromatic rings. The van der Waals surface area contributed by atoms with Gasteiger partial charge in [-0.15, -0.1) is 0 Å². The van der Waals surface area contributed by atoms with Crippen LogP contribution in [0.4, 0.5) is 11.4 Å². The molecule has 28 heavy (non-hydrogen) atoms. The number of carbonyl (C=O) groups excluding carboxylic acids is 1. The minimum Gasteiger partial charge on any atom is -0.320 e. The van der Waals surface area contributed by atoms with Crippen molar-refractivity contribution in [3.05, 3.63) is 78.6 Å². The van der Waals surface area contributed by atoms with Gasteiger partial charge in [-0.05, 0) is 23.8 Å². The first-order valence-electron chi connectivity index (χ1n) is 8.33. The number of sulfonamides is 1. The third-order valence-corrected chi connectivity index (χ3v) is 4.20. The Bertz CT molecular complexity index is 1080. The van der Waals surface area contributed by atoms with Crippen LogP contribution in [0.1, 0.15) is 5.56 Å². The van der Waals surface area contributed by atoms with Crippen LogP contribution in [0, 0.1) is 0 Å². The molecule has 0 bridgehead atoms. The van der Waals surface area contributed by atoms with Crippen LogP contribution in [0.5, 0.6) is 0 Å². The molecule has 1 heterocycles. The van der Waals surface area contributed by atoms with Gasteiger partial charge in [-0.25, -0.2) is 18.4 Å². The molecule has 0 atom stereocenters. The van der Waals surface area contributed by atoms with Gasteiger partial charge in [0.1, 0.15) is 0 Å². The lowest BCUT2D eigenvalue weighted by Gasteiger charge is -2.04. The van der Waals surface area contributed by atoms with E-state index in [1.807, 2.05) is 30.3 Å². The van der Waals surface area contributed by atoms with Crippen molar-refractivity contribution in [3.8, 4) is 11.4 Å². The zero-order chi connectivity index (χ0) is 20.0. The highest BCUT2D eigenvalue weighted by Gasteiger charge is 2.03. The number of hydrogen-bond donors (Lipinski definition) is 2. The van der Waals surface area contributed by atoms with Crippen molar-refractivity contribution >= 4 is 33.4 Å². The molecular formula is C20H18N4O3S. The number of carbonyl (C=O) groups is 1. The van der Waals surface area contributed by atoms with Gasteiger partial charge in [0.25, 0.3) is 0 Å². The maximum absolute atomic E-state index is 12.1. The Hall–Kier alpha value is -3.52. The highest BCUT2D eigenvalue weighted by Crippen LogP contribution is 2.15. The van der Waals surface area contributed by atoms with Crippen molar-refractivity contribution in [2.45, 2.75) is 0 Å². The number of rotatable bonds is 6. The number of benzene rings is 2. The highest BCUT2D eigenvalue weighted by atomic mass is 32.2. The summed E-state index contributed by atoms with van der Waals surface area (Å²) in [6.07, 6.45) is 7.18. The predicted molar refractivity (Wildman–Crippen MR) is 110 cm³/mol. The van der Waals surface area contributed by atoms with Crippen LogP contribution < -0.4 is 10.0 Å². The fourth-order valence-electron chi connectivity index (χ4n) is 2.36. The largest absolute Gasteiger partial charge is 0.320 e. The van der Waals surface area contributed by atoms with Crippen LogP contribution in [0.25, 0.3) is 17.5 Å². The van der Waals surface area contributed by atoms with Crippen molar-refractivity contribution in [3.63, 3.8) is 0 Å². The fraction of sp³-hybridized carbons (Fsp3) is 0.0500. The van der Waals surface area contributed by atoms with E-state index in [9.17, 15) is 13.2 Å². The molecular weight excluding hydrogens is 376 g/mol. The Morgan fingerprint density at radius 2 is 1.57 bits per heavy atom. The molecule has 8 heteroatoms. The SMILES string of the molecule is CS(=O)(=O)Nc1ccc(/C=C/C(=O)Nc2cnc(-c3ccccc3)nc2)cc1. The maximum Gasteiger partial charge on any atom is 0.248 e. The van der Waals surface area contributed by atoms with Gasteiger partial charge in [0.2, 0.25) is 15.9 Å². The molecule has 0 saturated heterocycles. The molecule has 1 aromatic heterocycles. The molecule has 0 radical (unpaired) electrons. The minimum atomic E-state index is -3.32. The molecule has 2 aromatic carbocycles. The summed E-state index contributed by atoms with van der Waals surface area (Å²) in [6, 6.07) is 16.2. The average molecular weight is 394 g/mol. The van der Waals surface area contributed by atoms with Gasteiger partial charge < -0.3 is 5.32 Å². The quantitative estimate of drug-likeness (QED) is 0.626. The summed E-state index contributed by atoms with van der Waals surface area (Å²) in [5, 5.41) is 2.69. The van der Waals surface area contributed by atoms with Gasteiger partial charge in [-0.1, -0.05) is 42.5 Å². The molecule has 142 valence electrons. The van der Waals surface area contributed by atoms with Gasteiger partial charge in [0, 0.05) is 17.3 Å². The van der Waals surface area contributed by atoms with Crippen molar-refractivity contribution in [2.75, 3.05) is 16.3 Å². The summed E-state index contributed by atoms with van der Waals surface area (Å²) in [6.45, 7) is 0. The smallest absolute Gasteiger partial charge is 0.248 e. The van der Waals surface area contributed by atoms with Crippen molar-refractivity contribution in [1.29, 1.82) is 0 Å². The van der Waals surface area contributed by atoms with E-state index in [0.29, 0.717) is 17.2 Å². The van der Waals surface area contributed by atoms with Gasteiger partial charge >= 0.3 is 0 Å². The lowest BCUT2D eigenvalue weighted by molar-refractivity contribution is -0.111. The van der Waals surface area contributed by atoms with E-state index in [-0.39, 0.29) is 5.91 Å². The number of nitrogens with one attached hydrogen (secondary N) is 2. The van der Waals surface area contributed by atoms with Crippen molar-refractivity contribution < 1.29 is 13.2 Å². The molecule has 0 aliphatic carbocycles. The van der Waals surface area contributed by atoms with Crippen molar-refractivity contribution in [2.24, 2.45) is 0 Å². The summed E-state index contributed by atoms with van der Waals surface area (Å²) in [7, 11) is -3.32. The van der Waals surface area contributed by atoms with E-state index in [0.717, 1.165) is 17.4 Å². The normalized spacial score (nSPS) is 11.3. The van der Waals surface area contributed by atoms with E-state index in [2.05, 4.69) is 20.0 Å². The molecule has 0 aliphatic heterocycles. The fourth-order valence-corrected chi connectivity index (χ4v) is 2.93.